The molecular weight excluding hydrogens is 402 g/mol. The predicted octanol–water partition coefficient (Wildman–Crippen LogP) is 4.28. The van der Waals surface area contributed by atoms with Gasteiger partial charge in [0.25, 0.3) is 0 Å². The number of hydrogen-bond donors (Lipinski definition) is 1. The molecule has 1 fully saturated rings. The Bertz CT molecular complexity index is 1150. The van der Waals surface area contributed by atoms with E-state index in [4.69, 9.17) is 9.52 Å². The Kier molecular flexibility index (Phi) is 6.61. The molecule has 6 nitrogen and oxygen atoms in total. The van der Waals surface area contributed by atoms with Crippen molar-refractivity contribution in [2.75, 3.05) is 33.7 Å². The molecule has 4 rings (SSSR count). The number of likely N-dealkylation sites (tertiary alicyclic amines) is 1. The van der Waals surface area contributed by atoms with Gasteiger partial charge in [-0.15, -0.1) is 0 Å². The van der Waals surface area contributed by atoms with Crippen LogP contribution in [0.25, 0.3) is 11.0 Å². The first kappa shape index (κ1) is 22.1. The van der Waals surface area contributed by atoms with Crippen molar-refractivity contribution in [1.29, 1.82) is 0 Å². The Balaban J connectivity index is 1.93. The highest BCUT2D eigenvalue weighted by Gasteiger charge is 2.35. The van der Waals surface area contributed by atoms with Crippen molar-refractivity contribution < 1.29 is 9.52 Å². The Hall–Kier alpha value is -3.12. The van der Waals surface area contributed by atoms with Gasteiger partial charge in [0.2, 0.25) is 0 Å². The van der Waals surface area contributed by atoms with Gasteiger partial charge in [-0.1, -0.05) is 42.5 Å². The normalized spacial score (nSPS) is 16.9. The SMILES string of the molecule is C/C(=N/N(C)C)[C@@H](CN1CCCC1)[C@@H](c1ccccc1)c1c(O)c2ccccc2oc1=O. The lowest BCUT2D eigenvalue weighted by molar-refractivity contribution is 0.293. The molecule has 0 unspecified atom stereocenters. The van der Waals surface area contributed by atoms with Gasteiger partial charge >= 0.3 is 5.63 Å². The second-order valence-corrected chi connectivity index (χ2v) is 8.74. The highest BCUT2D eigenvalue weighted by atomic mass is 16.4. The summed E-state index contributed by atoms with van der Waals surface area (Å²) in [5.41, 5.74) is 2.07. The average Bonchev–Trinajstić information content (AvgIpc) is 3.29. The first-order chi connectivity index (χ1) is 15.5. The summed E-state index contributed by atoms with van der Waals surface area (Å²) < 4.78 is 5.68. The number of aromatic hydroxyl groups is 1. The summed E-state index contributed by atoms with van der Waals surface area (Å²) in [5.74, 6) is -0.496. The summed E-state index contributed by atoms with van der Waals surface area (Å²) in [6.45, 7) is 4.84. The van der Waals surface area contributed by atoms with Crippen molar-refractivity contribution >= 4 is 16.7 Å². The van der Waals surface area contributed by atoms with Crippen molar-refractivity contribution in [3.8, 4) is 5.75 Å². The fourth-order valence-electron chi connectivity index (χ4n) is 4.79. The number of hydrazone groups is 1. The Morgan fingerprint density at radius 1 is 1.09 bits per heavy atom. The van der Waals surface area contributed by atoms with E-state index >= 15 is 0 Å². The Morgan fingerprint density at radius 2 is 1.75 bits per heavy atom. The monoisotopic (exact) mass is 433 g/mol. The zero-order chi connectivity index (χ0) is 22.7. The maximum absolute atomic E-state index is 13.3. The highest BCUT2D eigenvalue weighted by molar-refractivity contribution is 5.88. The topological polar surface area (TPSA) is 69.3 Å². The molecule has 1 aromatic heterocycles. The van der Waals surface area contributed by atoms with Crippen LogP contribution in [0, 0.1) is 5.92 Å². The lowest BCUT2D eigenvalue weighted by Gasteiger charge is -2.31. The molecule has 2 aromatic carbocycles. The third-order valence-electron chi connectivity index (χ3n) is 6.24. The van der Waals surface area contributed by atoms with Crippen molar-refractivity contribution in [3.05, 3.63) is 76.1 Å². The van der Waals surface area contributed by atoms with Crippen LogP contribution in [-0.4, -0.2) is 54.5 Å². The average molecular weight is 434 g/mol. The molecule has 0 aliphatic carbocycles. The molecule has 0 amide bonds. The van der Waals surface area contributed by atoms with E-state index in [9.17, 15) is 9.90 Å². The quantitative estimate of drug-likeness (QED) is 0.342. The second-order valence-electron chi connectivity index (χ2n) is 8.74. The van der Waals surface area contributed by atoms with Gasteiger partial charge < -0.3 is 19.4 Å². The number of fused-ring (bicyclic) bond motifs is 1. The third kappa shape index (κ3) is 4.55. The first-order valence-corrected chi connectivity index (χ1v) is 11.2. The van der Waals surface area contributed by atoms with Crippen LogP contribution in [0.2, 0.25) is 0 Å². The molecule has 1 saturated heterocycles. The van der Waals surface area contributed by atoms with Crippen LogP contribution in [-0.2, 0) is 0 Å². The van der Waals surface area contributed by atoms with E-state index < -0.39 is 5.63 Å². The maximum Gasteiger partial charge on any atom is 0.343 e. The van der Waals surface area contributed by atoms with E-state index in [1.54, 1.807) is 23.2 Å². The lowest BCUT2D eigenvalue weighted by Crippen LogP contribution is -2.36. The van der Waals surface area contributed by atoms with Crippen LogP contribution in [0.5, 0.6) is 5.75 Å². The number of hydrogen-bond acceptors (Lipinski definition) is 6. The Morgan fingerprint density at radius 3 is 2.44 bits per heavy atom. The molecule has 2 atom stereocenters. The molecule has 1 aliphatic rings. The molecule has 0 spiro atoms. The van der Waals surface area contributed by atoms with Crippen molar-refractivity contribution in [3.63, 3.8) is 0 Å². The number of para-hydroxylation sites is 1. The summed E-state index contributed by atoms with van der Waals surface area (Å²) in [6.07, 6.45) is 2.35. The fourth-order valence-corrected chi connectivity index (χ4v) is 4.79. The predicted molar refractivity (Wildman–Crippen MR) is 128 cm³/mol. The Labute approximate surface area is 188 Å². The van der Waals surface area contributed by atoms with Crippen LogP contribution < -0.4 is 5.63 Å². The molecule has 3 aromatic rings. The van der Waals surface area contributed by atoms with Gasteiger partial charge in [-0.2, -0.15) is 5.10 Å². The molecule has 168 valence electrons. The van der Waals surface area contributed by atoms with Gasteiger partial charge in [-0.05, 0) is 50.6 Å². The summed E-state index contributed by atoms with van der Waals surface area (Å²) in [7, 11) is 3.80. The van der Waals surface area contributed by atoms with E-state index in [-0.39, 0.29) is 17.6 Å². The minimum Gasteiger partial charge on any atom is -0.507 e. The van der Waals surface area contributed by atoms with Crippen LogP contribution in [0.4, 0.5) is 0 Å². The molecule has 1 N–H and O–H groups in total. The largest absolute Gasteiger partial charge is 0.507 e. The fraction of sp³-hybridized carbons (Fsp3) is 0.385. The van der Waals surface area contributed by atoms with Crippen LogP contribution in [0.3, 0.4) is 0 Å². The highest BCUT2D eigenvalue weighted by Crippen LogP contribution is 2.39. The maximum atomic E-state index is 13.3. The van der Waals surface area contributed by atoms with Crippen molar-refractivity contribution in [2.45, 2.75) is 25.7 Å². The zero-order valence-corrected chi connectivity index (χ0v) is 19.0. The molecule has 0 radical (unpaired) electrons. The number of rotatable bonds is 7. The van der Waals surface area contributed by atoms with Gasteiger partial charge in [0.15, 0.2) is 0 Å². The van der Waals surface area contributed by atoms with Crippen molar-refractivity contribution in [1.82, 2.24) is 9.91 Å². The van der Waals surface area contributed by atoms with E-state index in [2.05, 4.69) is 4.90 Å². The minimum atomic E-state index is -0.501. The molecule has 1 aliphatic heterocycles. The molecule has 6 heteroatoms. The first-order valence-electron chi connectivity index (χ1n) is 11.2. The molecule has 2 heterocycles. The lowest BCUT2D eigenvalue weighted by atomic mass is 9.78. The van der Waals surface area contributed by atoms with Gasteiger partial charge in [-0.3, -0.25) is 0 Å². The van der Waals surface area contributed by atoms with Crippen LogP contribution in [0.1, 0.15) is 36.8 Å². The van der Waals surface area contributed by atoms with E-state index in [1.165, 1.54) is 12.8 Å². The van der Waals surface area contributed by atoms with Gasteiger partial charge in [0.1, 0.15) is 11.3 Å². The summed E-state index contributed by atoms with van der Waals surface area (Å²) >= 11 is 0. The molecule has 32 heavy (non-hydrogen) atoms. The summed E-state index contributed by atoms with van der Waals surface area (Å²) in [5, 5.41) is 18.4. The van der Waals surface area contributed by atoms with E-state index in [0.29, 0.717) is 16.5 Å². The van der Waals surface area contributed by atoms with E-state index in [1.807, 2.05) is 57.4 Å². The smallest absolute Gasteiger partial charge is 0.343 e. The second kappa shape index (κ2) is 9.57. The number of nitrogens with zero attached hydrogens (tertiary/aromatic N) is 3. The molecule has 0 bridgehead atoms. The van der Waals surface area contributed by atoms with Crippen molar-refractivity contribution in [2.24, 2.45) is 11.0 Å². The number of benzene rings is 2. The standard InChI is InChI=1S/C26H31N3O3/c1-18(27-28(2)3)21(17-29-15-9-10-16-29)23(19-11-5-4-6-12-19)24-25(30)20-13-7-8-14-22(20)32-26(24)31/h4-8,11-14,21,23,30H,9-10,15-17H2,1-3H3/b27-18-/t21-,23-/m1/s1. The zero-order valence-electron chi connectivity index (χ0n) is 19.0. The van der Waals surface area contributed by atoms with Gasteiger partial charge in [0.05, 0.1) is 10.9 Å². The van der Waals surface area contributed by atoms with Crippen LogP contribution in [0.15, 0.2) is 68.9 Å². The minimum absolute atomic E-state index is 0.00484. The molecular formula is C26H31N3O3. The van der Waals surface area contributed by atoms with Crippen LogP contribution >= 0.6 is 0 Å². The molecule has 0 saturated carbocycles. The summed E-state index contributed by atoms with van der Waals surface area (Å²) in [4.78, 5) is 15.7. The summed E-state index contributed by atoms with van der Waals surface area (Å²) in [6, 6.07) is 17.0. The van der Waals surface area contributed by atoms with E-state index in [0.717, 1.165) is 30.9 Å². The third-order valence-corrected chi connectivity index (χ3v) is 6.24. The van der Waals surface area contributed by atoms with Gasteiger partial charge in [0, 0.05) is 38.2 Å². The van der Waals surface area contributed by atoms with Gasteiger partial charge in [-0.25, -0.2) is 4.79 Å².